The zero-order valence-corrected chi connectivity index (χ0v) is 9.23. The Morgan fingerprint density at radius 3 is 2.14 bits per heavy atom. The van der Waals surface area contributed by atoms with Gasteiger partial charge in [-0.25, -0.2) is 8.42 Å². The van der Waals surface area contributed by atoms with E-state index < -0.39 is 20.1 Å². The van der Waals surface area contributed by atoms with Gasteiger partial charge in [-0.05, 0) is 17.7 Å². The molecule has 1 atom stereocenters. The van der Waals surface area contributed by atoms with Gasteiger partial charge in [-0.1, -0.05) is 23.2 Å². The van der Waals surface area contributed by atoms with Gasteiger partial charge >= 0.3 is 0 Å². The van der Waals surface area contributed by atoms with Crippen molar-refractivity contribution in [2.75, 3.05) is 0 Å². The van der Waals surface area contributed by atoms with Crippen LogP contribution in [0.1, 0.15) is 5.56 Å². The van der Waals surface area contributed by atoms with E-state index in [1.165, 1.54) is 24.3 Å². The van der Waals surface area contributed by atoms with Crippen molar-refractivity contribution >= 4 is 30.8 Å². The number of hydrogen-bond acceptors (Lipinski definition) is 4. The average molecular weight is 254 g/mol. The van der Waals surface area contributed by atoms with E-state index in [0.717, 1.165) is 0 Å². The van der Waals surface area contributed by atoms with E-state index in [1.807, 2.05) is 0 Å². The monoisotopic (exact) mass is 253 g/mol. The van der Waals surface area contributed by atoms with Gasteiger partial charge < -0.3 is 4.55 Å². The lowest BCUT2D eigenvalue weighted by Gasteiger charge is -2.04. The maximum atomic E-state index is 10.8. The average Bonchev–Trinajstić information content (AvgIpc) is 2.02. The number of rotatable bonds is 3. The molecule has 7 heteroatoms. The highest BCUT2D eigenvalue weighted by atomic mass is 35.7. The Morgan fingerprint density at radius 2 is 1.79 bits per heavy atom. The molecule has 0 fully saturated rings. The van der Waals surface area contributed by atoms with Gasteiger partial charge in [0, 0.05) is 16.4 Å². The van der Waals surface area contributed by atoms with Crippen molar-refractivity contribution in [3.05, 3.63) is 29.8 Å². The minimum Gasteiger partial charge on any atom is -0.772 e. The summed E-state index contributed by atoms with van der Waals surface area (Å²) in [6, 6.07) is 5.35. The maximum absolute atomic E-state index is 10.8. The normalized spacial score (nSPS) is 13.9. The fourth-order valence-corrected chi connectivity index (χ4v) is 2.12. The van der Waals surface area contributed by atoms with Crippen molar-refractivity contribution in [2.24, 2.45) is 0 Å². The van der Waals surface area contributed by atoms with Crippen LogP contribution in [0.15, 0.2) is 29.2 Å². The van der Waals surface area contributed by atoms with E-state index in [1.54, 1.807) is 0 Å². The first-order chi connectivity index (χ1) is 6.39. The Kier molecular flexibility index (Phi) is 3.65. The van der Waals surface area contributed by atoms with Crippen LogP contribution in [-0.4, -0.2) is 17.2 Å². The topological polar surface area (TPSA) is 74.3 Å². The Morgan fingerprint density at radius 1 is 1.29 bits per heavy atom. The lowest BCUT2D eigenvalue weighted by atomic mass is 10.2. The summed E-state index contributed by atoms with van der Waals surface area (Å²) < 4.78 is 42.2. The molecule has 4 nitrogen and oxygen atoms in total. The smallest absolute Gasteiger partial charge is 0.261 e. The van der Waals surface area contributed by atoms with Crippen molar-refractivity contribution in [3.8, 4) is 0 Å². The third kappa shape index (κ3) is 3.38. The first-order valence-electron chi connectivity index (χ1n) is 3.49. The van der Waals surface area contributed by atoms with E-state index in [9.17, 15) is 17.2 Å². The SMILES string of the molecule is O=S([O-])Cc1ccc(S(=O)(=O)Cl)cc1. The first-order valence-corrected chi connectivity index (χ1v) is 7.04. The fourth-order valence-electron chi connectivity index (χ4n) is 0.884. The molecule has 0 spiro atoms. The molecule has 0 N–H and O–H groups in total. The van der Waals surface area contributed by atoms with Gasteiger partial charge in [0.1, 0.15) is 0 Å². The zero-order valence-electron chi connectivity index (χ0n) is 6.84. The predicted octanol–water partition coefficient (Wildman–Crippen LogP) is 0.993. The minimum absolute atomic E-state index is 0.0420. The Hall–Kier alpha value is -0.430. The van der Waals surface area contributed by atoms with E-state index >= 15 is 0 Å². The molecular weight excluding hydrogens is 248 g/mol. The summed E-state index contributed by atoms with van der Waals surface area (Å²) in [5.74, 6) is -0.136. The Bertz CT molecular complexity index is 437. The van der Waals surface area contributed by atoms with Gasteiger partial charge in [-0.3, -0.25) is 4.21 Å². The number of hydrogen-bond donors (Lipinski definition) is 0. The van der Waals surface area contributed by atoms with Crippen LogP contribution in [0.2, 0.25) is 0 Å². The molecule has 1 rings (SSSR count). The lowest BCUT2D eigenvalue weighted by molar-refractivity contribution is 0.536. The van der Waals surface area contributed by atoms with Crippen LogP contribution < -0.4 is 0 Å². The standard InChI is InChI=1S/C7H7ClO4S2/c8-14(11,12)7-3-1-6(2-4-7)5-13(9)10/h1-4H,5H2,(H,9,10)/p-1. The molecule has 0 radical (unpaired) electrons. The maximum Gasteiger partial charge on any atom is 0.261 e. The quantitative estimate of drug-likeness (QED) is 0.595. The number of benzene rings is 1. The van der Waals surface area contributed by atoms with Crippen LogP contribution >= 0.6 is 10.7 Å². The van der Waals surface area contributed by atoms with Crippen molar-refractivity contribution < 1.29 is 17.2 Å². The van der Waals surface area contributed by atoms with Crippen molar-refractivity contribution in [1.29, 1.82) is 0 Å². The molecule has 0 aliphatic rings. The van der Waals surface area contributed by atoms with Crippen LogP contribution in [0.5, 0.6) is 0 Å². The van der Waals surface area contributed by atoms with Crippen molar-refractivity contribution in [1.82, 2.24) is 0 Å². The summed E-state index contributed by atoms with van der Waals surface area (Å²) in [7, 11) is 1.34. The van der Waals surface area contributed by atoms with Crippen LogP contribution in [0.25, 0.3) is 0 Å². The molecule has 0 amide bonds. The first kappa shape index (κ1) is 11.6. The van der Waals surface area contributed by atoms with Crippen molar-refractivity contribution in [3.63, 3.8) is 0 Å². The molecule has 1 aromatic rings. The van der Waals surface area contributed by atoms with Crippen LogP contribution in [0.3, 0.4) is 0 Å². The molecule has 0 saturated heterocycles. The second-order valence-corrected chi connectivity index (χ2v) is 5.99. The third-order valence-corrected chi connectivity index (χ3v) is 3.43. The fraction of sp³-hybridized carbons (Fsp3) is 0.143. The molecule has 0 aliphatic heterocycles. The van der Waals surface area contributed by atoms with Crippen LogP contribution in [0, 0.1) is 0 Å². The van der Waals surface area contributed by atoms with Gasteiger partial charge in [-0.2, -0.15) is 0 Å². The van der Waals surface area contributed by atoms with Gasteiger partial charge in [-0.15, -0.1) is 0 Å². The second kappa shape index (κ2) is 4.39. The summed E-state index contributed by atoms with van der Waals surface area (Å²) in [6.45, 7) is 0. The highest BCUT2D eigenvalue weighted by Crippen LogP contribution is 2.15. The highest BCUT2D eigenvalue weighted by molar-refractivity contribution is 8.13. The van der Waals surface area contributed by atoms with Gasteiger partial charge in [0.05, 0.1) is 4.90 Å². The molecule has 14 heavy (non-hydrogen) atoms. The third-order valence-electron chi connectivity index (χ3n) is 1.49. The lowest BCUT2D eigenvalue weighted by Crippen LogP contribution is -1.95. The largest absolute Gasteiger partial charge is 0.772 e. The van der Waals surface area contributed by atoms with Crippen LogP contribution in [0.4, 0.5) is 0 Å². The minimum atomic E-state index is -3.73. The molecule has 0 saturated carbocycles. The molecule has 78 valence electrons. The zero-order chi connectivity index (χ0) is 10.8. The molecule has 0 aliphatic carbocycles. The number of halogens is 1. The summed E-state index contributed by atoms with van der Waals surface area (Å²) in [6.07, 6.45) is 0. The van der Waals surface area contributed by atoms with Gasteiger partial charge in [0.2, 0.25) is 0 Å². The molecule has 0 heterocycles. The second-order valence-electron chi connectivity index (χ2n) is 2.53. The van der Waals surface area contributed by atoms with E-state index in [4.69, 9.17) is 10.7 Å². The van der Waals surface area contributed by atoms with Crippen molar-refractivity contribution in [2.45, 2.75) is 10.6 Å². The van der Waals surface area contributed by atoms with Gasteiger partial charge in [0.15, 0.2) is 0 Å². The Balaban J connectivity index is 2.95. The van der Waals surface area contributed by atoms with E-state index in [2.05, 4.69) is 0 Å². The highest BCUT2D eigenvalue weighted by Gasteiger charge is 2.08. The predicted molar refractivity (Wildman–Crippen MR) is 52.1 cm³/mol. The molecule has 1 unspecified atom stereocenters. The van der Waals surface area contributed by atoms with E-state index in [0.29, 0.717) is 5.56 Å². The summed E-state index contributed by atoms with van der Waals surface area (Å²) >= 11 is -2.18. The van der Waals surface area contributed by atoms with E-state index in [-0.39, 0.29) is 10.6 Å². The van der Waals surface area contributed by atoms with Crippen LogP contribution in [-0.2, 0) is 25.9 Å². The molecule has 0 bridgehead atoms. The molecule has 0 aromatic heterocycles. The van der Waals surface area contributed by atoms with Gasteiger partial charge in [0.25, 0.3) is 9.05 Å². The summed E-state index contributed by atoms with van der Waals surface area (Å²) in [5.41, 5.74) is 0.516. The molecule has 1 aromatic carbocycles. The Labute approximate surface area is 88.6 Å². The molecular formula is C7H6ClO4S2-. The summed E-state index contributed by atoms with van der Waals surface area (Å²) in [4.78, 5) is -0.0420. The summed E-state index contributed by atoms with van der Waals surface area (Å²) in [5, 5.41) is 0.